The summed E-state index contributed by atoms with van der Waals surface area (Å²) in [6, 6.07) is 42.5. The van der Waals surface area contributed by atoms with Crippen molar-refractivity contribution in [3.8, 4) is 39.5 Å². The molecule has 3 spiro atoms. The topological polar surface area (TPSA) is 72.7 Å². The second kappa shape index (κ2) is 8.41. The van der Waals surface area contributed by atoms with Gasteiger partial charge in [0.1, 0.15) is 5.75 Å². The number of rotatable bonds is 1. The van der Waals surface area contributed by atoms with Crippen molar-refractivity contribution in [2.75, 3.05) is 12.4 Å². The van der Waals surface area contributed by atoms with Gasteiger partial charge in [-0.25, -0.2) is 0 Å². The smallest absolute Gasteiger partial charge is 0.157 e. The maximum absolute atomic E-state index is 11.5. The molecule has 10 rings (SSSR count). The molecule has 222 valence electrons. The maximum Gasteiger partial charge on any atom is 0.157 e. The average Bonchev–Trinajstić information content (AvgIpc) is 3.73. The van der Waals surface area contributed by atoms with Crippen LogP contribution in [0.4, 0.5) is 5.69 Å². The summed E-state index contributed by atoms with van der Waals surface area (Å²) in [7, 11) is 1.84. The number of hydrogen-bond acceptors (Lipinski definition) is 4. The van der Waals surface area contributed by atoms with E-state index >= 15 is 0 Å². The predicted octanol–water partition coefficient (Wildman–Crippen LogP) is 8.57. The SMILES string of the molecule is CNc1cc2c(cc1O)C1(CC23CC2(c4ccccc4-c4ccccc42)c2cc(O)c(O)cc23)c2ccccc2-c2ccccc21. The minimum atomic E-state index is -0.565. The molecule has 1 unspecified atom stereocenters. The van der Waals surface area contributed by atoms with Gasteiger partial charge in [0.25, 0.3) is 0 Å². The van der Waals surface area contributed by atoms with Gasteiger partial charge >= 0.3 is 0 Å². The third-order valence-electron chi connectivity index (χ3n) is 11.7. The lowest BCUT2D eigenvalue weighted by molar-refractivity contribution is 0.396. The largest absolute Gasteiger partial charge is 0.506 e. The molecule has 0 radical (unpaired) electrons. The summed E-state index contributed by atoms with van der Waals surface area (Å²) < 4.78 is 0. The molecule has 0 amide bonds. The summed E-state index contributed by atoms with van der Waals surface area (Å²) in [5.41, 5.74) is 13.1. The molecule has 6 aromatic carbocycles. The Balaban J connectivity index is 1.36. The fourth-order valence-corrected chi connectivity index (χ4v) is 10.2. The Kier molecular flexibility index (Phi) is 4.72. The van der Waals surface area contributed by atoms with Crippen LogP contribution in [-0.4, -0.2) is 22.4 Å². The highest BCUT2D eigenvalue weighted by atomic mass is 16.3. The van der Waals surface area contributed by atoms with Gasteiger partial charge in [0.05, 0.1) is 5.69 Å². The van der Waals surface area contributed by atoms with Gasteiger partial charge in [-0.15, -0.1) is 0 Å². The summed E-state index contributed by atoms with van der Waals surface area (Å²) in [6.07, 6.45) is 1.44. The van der Waals surface area contributed by atoms with Gasteiger partial charge in [-0.2, -0.15) is 0 Å². The van der Waals surface area contributed by atoms with E-state index in [9.17, 15) is 15.3 Å². The summed E-state index contributed by atoms with van der Waals surface area (Å²) in [5, 5.41) is 37.0. The van der Waals surface area contributed by atoms with Gasteiger partial charge in [0, 0.05) is 23.3 Å². The zero-order chi connectivity index (χ0) is 31.0. The molecule has 0 saturated carbocycles. The van der Waals surface area contributed by atoms with Crippen LogP contribution in [0.1, 0.15) is 57.3 Å². The minimum absolute atomic E-state index is 0.108. The minimum Gasteiger partial charge on any atom is -0.506 e. The Morgan fingerprint density at radius 3 is 1.20 bits per heavy atom. The second-order valence-corrected chi connectivity index (χ2v) is 13.5. The van der Waals surface area contributed by atoms with Crippen molar-refractivity contribution in [3.05, 3.63) is 166 Å². The molecule has 0 aliphatic heterocycles. The van der Waals surface area contributed by atoms with Crippen LogP contribution in [-0.2, 0) is 16.2 Å². The van der Waals surface area contributed by atoms with E-state index in [4.69, 9.17) is 0 Å². The van der Waals surface area contributed by atoms with E-state index in [0.29, 0.717) is 5.69 Å². The molecule has 4 nitrogen and oxygen atoms in total. The monoisotopic (exact) mass is 597 g/mol. The second-order valence-electron chi connectivity index (χ2n) is 13.5. The van der Waals surface area contributed by atoms with Gasteiger partial charge in [0.15, 0.2) is 11.5 Å². The van der Waals surface area contributed by atoms with E-state index in [-0.39, 0.29) is 17.2 Å². The molecule has 0 saturated heterocycles. The Morgan fingerprint density at radius 2 is 0.783 bits per heavy atom. The van der Waals surface area contributed by atoms with Crippen molar-refractivity contribution in [1.82, 2.24) is 0 Å². The lowest BCUT2D eigenvalue weighted by Crippen LogP contribution is -2.32. The van der Waals surface area contributed by atoms with E-state index in [1.54, 1.807) is 0 Å². The maximum atomic E-state index is 11.5. The van der Waals surface area contributed by atoms with Crippen molar-refractivity contribution < 1.29 is 15.3 Å². The Morgan fingerprint density at radius 1 is 0.435 bits per heavy atom. The van der Waals surface area contributed by atoms with Crippen LogP contribution in [0.3, 0.4) is 0 Å². The molecule has 46 heavy (non-hydrogen) atoms. The first-order valence-corrected chi connectivity index (χ1v) is 16.0. The van der Waals surface area contributed by atoms with Crippen LogP contribution in [0, 0.1) is 0 Å². The van der Waals surface area contributed by atoms with Crippen LogP contribution < -0.4 is 5.32 Å². The average molecular weight is 598 g/mol. The molecule has 4 N–H and O–H groups in total. The number of fused-ring (bicyclic) bond motifs is 16. The molecule has 0 heterocycles. The summed E-state index contributed by atoms with van der Waals surface area (Å²) in [4.78, 5) is 0. The first-order valence-electron chi connectivity index (χ1n) is 16.0. The van der Waals surface area contributed by atoms with Crippen molar-refractivity contribution in [3.63, 3.8) is 0 Å². The summed E-state index contributed by atoms with van der Waals surface area (Å²) in [5.74, 6) is -0.00202. The van der Waals surface area contributed by atoms with E-state index < -0.39 is 16.2 Å². The van der Waals surface area contributed by atoms with E-state index in [1.165, 1.54) is 44.5 Å². The van der Waals surface area contributed by atoms with Gasteiger partial charge in [-0.05, 0) is 104 Å². The van der Waals surface area contributed by atoms with Crippen molar-refractivity contribution >= 4 is 5.69 Å². The lowest BCUT2D eigenvalue weighted by Gasteiger charge is -2.35. The molecule has 4 aliphatic carbocycles. The first-order chi connectivity index (χ1) is 22.4. The first kappa shape index (κ1) is 25.8. The highest BCUT2D eigenvalue weighted by Crippen LogP contribution is 2.73. The molecule has 1 atom stereocenters. The predicted molar refractivity (Wildman–Crippen MR) is 181 cm³/mol. The lowest BCUT2D eigenvalue weighted by atomic mass is 9.66. The van der Waals surface area contributed by atoms with Crippen LogP contribution in [0.2, 0.25) is 0 Å². The zero-order valence-electron chi connectivity index (χ0n) is 25.3. The summed E-state index contributed by atoms with van der Waals surface area (Å²) in [6.45, 7) is 0. The fourth-order valence-electron chi connectivity index (χ4n) is 10.2. The van der Waals surface area contributed by atoms with Crippen molar-refractivity contribution in [2.45, 2.75) is 29.1 Å². The van der Waals surface area contributed by atoms with Crippen LogP contribution >= 0.6 is 0 Å². The molecule has 0 fully saturated rings. The number of aromatic hydroxyl groups is 3. The highest BCUT2D eigenvalue weighted by Gasteiger charge is 2.65. The van der Waals surface area contributed by atoms with Gasteiger partial charge in [-0.1, -0.05) is 97.1 Å². The molecular weight excluding hydrogens is 566 g/mol. The quantitative estimate of drug-likeness (QED) is 0.143. The molecule has 4 heteroatoms. The van der Waals surface area contributed by atoms with E-state index in [2.05, 4.69) is 108 Å². The van der Waals surface area contributed by atoms with Crippen LogP contribution in [0.25, 0.3) is 22.3 Å². The number of phenols is 3. The number of hydrogen-bond donors (Lipinski definition) is 4. The Hall–Kier alpha value is -5.48. The molecular formula is C42H31NO3. The number of anilines is 1. The third kappa shape index (κ3) is 2.75. The Bertz CT molecular complexity index is 2220. The van der Waals surface area contributed by atoms with Crippen LogP contribution in [0.5, 0.6) is 17.2 Å². The third-order valence-corrected chi connectivity index (χ3v) is 11.7. The molecule has 6 aromatic rings. The standard InChI is InChI=1S/C42H31NO3/c1-43-36-18-32-34(20-37(36)44)41(28-14-6-2-10-24(28)25-11-3-7-15-29(25)41)22-40(32)23-42(35-21-39(46)38(45)19-33(35)40)30-16-8-4-12-26(30)27-13-5-9-17-31(27)42/h2-21,43-46H,22-23H2,1H3. The van der Waals surface area contributed by atoms with Crippen molar-refractivity contribution in [2.24, 2.45) is 0 Å². The molecule has 4 aliphatic rings. The number of benzene rings is 6. The normalized spacial score (nSPS) is 19.5. The highest BCUT2D eigenvalue weighted by molar-refractivity contribution is 5.89. The Labute approximate surface area is 267 Å². The van der Waals surface area contributed by atoms with Gasteiger partial charge < -0.3 is 20.6 Å². The van der Waals surface area contributed by atoms with Crippen molar-refractivity contribution in [1.29, 1.82) is 0 Å². The van der Waals surface area contributed by atoms with Gasteiger partial charge in [-0.3, -0.25) is 0 Å². The van der Waals surface area contributed by atoms with E-state index in [0.717, 1.165) is 35.1 Å². The van der Waals surface area contributed by atoms with Crippen LogP contribution in [0.15, 0.2) is 121 Å². The molecule has 0 aromatic heterocycles. The van der Waals surface area contributed by atoms with E-state index in [1.807, 2.05) is 25.2 Å². The number of nitrogens with one attached hydrogen (secondary N) is 1. The molecule has 0 bridgehead atoms. The number of phenolic OH excluding ortho intramolecular Hbond substituents is 3. The summed E-state index contributed by atoms with van der Waals surface area (Å²) >= 11 is 0. The zero-order valence-corrected chi connectivity index (χ0v) is 25.3. The van der Waals surface area contributed by atoms with Gasteiger partial charge in [0.2, 0.25) is 0 Å². The fraction of sp³-hybridized carbons (Fsp3) is 0.143.